The lowest BCUT2D eigenvalue weighted by Gasteiger charge is -2.20. The first-order valence-corrected chi connectivity index (χ1v) is 9.42. The molecule has 0 aliphatic heterocycles. The summed E-state index contributed by atoms with van der Waals surface area (Å²) in [4.78, 5) is 53.4. The van der Waals surface area contributed by atoms with Crippen LogP contribution in [0.4, 0.5) is 11.4 Å². The number of amides is 2. The van der Waals surface area contributed by atoms with E-state index in [9.17, 15) is 19.2 Å². The first-order valence-electron chi connectivity index (χ1n) is 9.42. The molecule has 0 radical (unpaired) electrons. The maximum Gasteiger partial charge on any atom is 0.238 e. The molecule has 0 aromatic heterocycles. The third kappa shape index (κ3) is 6.14. The van der Waals surface area contributed by atoms with E-state index in [1.54, 1.807) is 62.3 Å². The average Bonchev–Trinajstić information content (AvgIpc) is 2.64. The third-order valence-corrected chi connectivity index (χ3v) is 4.50. The van der Waals surface area contributed by atoms with E-state index in [1.165, 1.54) is 12.1 Å². The highest BCUT2D eigenvalue weighted by atomic mass is 35.5. The minimum absolute atomic E-state index is 0. The zero-order chi connectivity index (χ0) is 22.0. The lowest BCUT2D eigenvalue weighted by molar-refractivity contribution is -0.117. The van der Waals surface area contributed by atoms with Crippen LogP contribution in [0.3, 0.4) is 0 Å². The van der Waals surface area contributed by atoms with Crippen LogP contribution in [-0.2, 0) is 9.59 Å². The van der Waals surface area contributed by atoms with Gasteiger partial charge < -0.3 is 20.4 Å². The van der Waals surface area contributed by atoms with Crippen LogP contribution >= 0.6 is 24.8 Å². The van der Waals surface area contributed by atoms with Gasteiger partial charge in [-0.25, -0.2) is 0 Å². The summed E-state index contributed by atoms with van der Waals surface area (Å²) in [6, 6.07) is 9.34. The molecule has 8 nitrogen and oxygen atoms in total. The van der Waals surface area contributed by atoms with Crippen molar-refractivity contribution in [2.75, 3.05) is 51.9 Å². The van der Waals surface area contributed by atoms with E-state index in [4.69, 9.17) is 0 Å². The Labute approximate surface area is 199 Å². The molecule has 172 valence electrons. The molecule has 1 aliphatic carbocycles. The van der Waals surface area contributed by atoms with Crippen molar-refractivity contribution in [1.82, 2.24) is 9.80 Å². The van der Waals surface area contributed by atoms with Crippen molar-refractivity contribution in [1.29, 1.82) is 0 Å². The van der Waals surface area contributed by atoms with Gasteiger partial charge >= 0.3 is 0 Å². The summed E-state index contributed by atoms with van der Waals surface area (Å²) in [6.45, 7) is 0.407. The molecule has 2 aromatic carbocycles. The molecular formula is C22H26Cl2N4O4. The normalized spacial score (nSPS) is 11.8. The molecule has 0 unspecified atom stereocenters. The molecule has 10 heteroatoms. The van der Waals surface area contributed by atoms with Crippen LogP contribution in [0.25, 0.3) is 0 Å². The summed E-state index contributed by atoms with van der Waals surface area (Å²) in [7, 11) is 7.12. The van der Waals surface area contributed by atoms with Crippen LogP contribution in [0.5, 0.6) is 0 Å². The maximum absolute atomic E-state index is 13.0. The Hall–Kier alpha value is -2.78. The molecule has 0 saturated heterocycles. The minimum atomic E-state index is -0.297. The Balaban J connectivity index is 0.00000256. The van der Waals surface area contributed by atoms with Crippen LogP contribution in [0.15, 0.2) is 36.4 Å². The fraction of sp³-hybridized carbons (Fsp3) is 0.273. The summed E-state index contributed by atoms with van der Waals surface area (Å²) in [6.07, 6.45) is 0. The van der Waals surface area contributed by atoms with Crippen molar-refractivity contribution in [3.63, 3.8) is 0 Å². The molecule has 0 bridgehead atoms. The first-order chi connectivity index (χ1) is 14.2. The van der Waals surface area contributed by atoms with E-state index in [-0.39, 0.29) is 83.5 Å². The van der Waals surface area contributed by atoms with Gasteiger partial charge in [0.15, 0.2) is 11.6 Å². The molecule has 3 rings (SSSR count). The number of nitrogens with zero attached hydrogens (tertiary/aromatic N) is 2. The van der Waals surface area contributed by atoms with Gasteiger partial charge in [0.2, 0.25) is 11.8 Å². The Morgan fingerprint density at radius 1 is 0.656 bits per heavy atom. The Kier molecular flexibility index (Phi) is 9.53. The van der Waals surface area contributed by atoms with Gasteiger partial charge in [-0.15, -0.1) is 24.8 Å². The number of carbonyl (C=O) groups is 4. The number of fused-ring (bicyclic) bond motifs is 2. The molecule has 0 saturated carbocycles. The van der Waals surface area contributed by atoms with E-state index in [1.807, 2.05) is 0 Å². The summed E-state index contributed by atoms with van der Waals surface area (Å²) in [5.41, 5.74) is 1.96. The molecule has 0 atom stereocenters. The van der Waals surface area contributed by atoms with Crippen molar-refractivity contribution >= 4 is 59.6 Å². The van der Waals surface area contributed by atoms with Gasteiger partial charge in [0.25, 0.3) is 0 Å². The molecule has 1 aliphatic rings. The van der Waals surface area contributed by atoms with Crippen LogP contribution in [0.1, 0.15) is 31.8 Å². The van der Waals surface area contributed by atoms with Crippen molar-refractivity contribution in [3.8, 4) is 0 Å². The zero-order valence-corrected chi connectivity index (χ0v) is 19.9. The molecule has 0 fully saturated rings. The number of nitrogens with one attached hydrogen (secondary N) is 2. The van der Waals surface area contributed by atoms with Crippen LogP contribution in [0.2, 0.25) is 0 Å². The van der Waals surface area contributed by atoms with E-state index < -0.39 is 0 Å². The number of benzene rings is 2. The van der Waals surface area contributed by atoms with Crippen LogP contribution in [0, 0.1) is 0 Å². The Morgan fingerprint density at radius 2 is 1.00 bits per heavy atom. The van der Waals surface area contributed by atoms with Crippen molar-refractivity contribution in [2.45, 2.75) is 0 Å². The molecule has 0 heterocycles. The quantitative estimate of drug-likeness (QED) is 0.561. The molecule has 32 heavy (non-hydrogen) atoms. The van der Waals surface area contributed by atoms with Crippen molar-refractivity contribution in [2.24, 2.45) is 0 Å². The SMILES string of the molecule is CN(C)CC(=O)Nc1ccc2c(c1)C(=O)c1ccc(NC(=O)CN(C)C)cc1C2=O.Cl.Cl. The summed E-state index contributed by atoms with van der Waals surface area (Å²) in [5, 5.41) is 5.47. The smallest absolute Gasteiger partial charge is 0.238 e. The van der Waals surface area contributed by atoms with Gasteiger partial charge in [0, 0.05) is 33.6 Å². The largest absolute Gasteiger partial charge is 0.325 e. The number of halogens is 2. The van der Waals surface area contributed by atoms with E-state index in [0.29, 0.717) is 11.4 Å². The van der Waals surface area contributed by atoms with Gasteiger partial charge in [-0.2, -0.15) is 0 Å². The second-order valence-corrected chi connectivity index (χ2v) is 7.75. The van der Waals surface area contributed by atoms with E-state index in [2.05, 4.69) is 10.6 Å². The molecule has 2 amide bonds. The monoisotopic (exact) mass is 480 g/mol. The number of likely N-dealkylation sites (N-methyl/N-ethyl adjacent to an activating group) is 2. The lowest BCUT2D eigenvalue weighted by Crippen LogP contribution is -2.28. The van der Waals surface area contributed by atoms with E-state index in [0.717, 1.165) is 0 Å². The van der Waals surface area contributed by atoms with E-state index >= 15 is 0 Å². The van der Waals surface area contributed by atoms with Gasteiger partial charge in [0.1, 0.15) is 0 Å². The summed E-state index contributed by atoms with van der Waals surface area (Å²) in [5.74, 6) is -1.02. The highest BCUT2D eigenvalue weighted by Gasteiger charge is 2.30. The number of rotatable bonds is 6. The Morgan fingerprint density at radius 3 is 1.31 bits per heavy atom. The number of hydrogen-bond acceptors (Lipinski definition) is 6. The summed E-state index contributed by atoms with van der Waals surface area (Å²) >= 11 is 0. The van der Waals surface area contributed by atoms with Crippen LogP contribution < -0.4 is 10.6 Å². The molecule has 0 spiro atoms. The zero-order valence-electron chi connectivity index (χ0n) is 18.2. The van der Waals surface area contributed by atoms with Gasteiger partial charge in [0.05, 0.1) is 13.1 Å². The highest BCUT2D eigenvalue weighted by Crippen LogP contribution is 2.31. The predicted octanol–water partition coefficient (Wildman–Crippen LogP) is 2.31. The molecular weight excluding hydrogens is 455 g/mol. The topological polar surface area (TPSA) is 98.8 Å². The maximum atomic E-state index is 13.0. The third-order valence-electron chi connectivity index (χ3n) is 4.50. The lowest BCUT2D eigenvalue weighted by atomic mass is 9.83. The second kappa shape index (κ2) is 11.2. The molecule has 2 N–H and O–H groups in total. The number of ketones is 2. The van der Waals surface area contributed by atoms with Crippen molar-refractivity contribution in [3.05, 3.63) is 58.7 Å². The fourth-order valence-electron chi connectivity index (χ4n) is 3.28. The average molecular weight is 481 g/mol. The number of hydrogen-bond donors (Lipinski definition) is 2. The first kappa shape index (κ1) is 27.3. The minimum Gasteiger partial charge on any atom is -0.325 e. The number of anilines is 2. The number of carbonyl (C=O) groups excluding carboxylic acids is 4. The van der Waals surface area contributed by atoms with Gasteiger partial charge in [-0.1, -0.05) is 0 Å². The van der Waals surface area contributed by atoms with Crippen molar-refractivity contribution < 1.29 is 19.2 Å². The Bertz CT molecular complexity index is 971. The van der Waals surface area contributed by atoms with Gasteiger partial charge in [-0.05, 0) is 64.6 Å². The summed E-state index contributed by atoms with van der Waals surface area (Å²) < 4.78 is 0. The standard InChI is InChI=1S/C22H24N4O4.2ClH/c1-25(2)11-19(27)23-13-5-7-15-17(9-13)21(29)16-8-6-14(10-18(16)22(15)30)24-20(28)12-26(3)4;;/h5-10H,11-12H2,1-4H3,(H,23,27)(H,24,28);2*1H. The predicted molar refractivity (Wildman–Crippen MR) is 129 cm³/mol. The second-order valence-electron chi connectivity index (χ2n) is 7.75. The highest BCUT2D eigenvalue weighted by molar-refractivity contribution is 6.29. The molecule has 2 aromatic rings. The van der Waals surface area contributed by atoms with Gasteiger partial charge in [-0.3, -0.25) is 19.2 Å². The van der Waals surface area contributed by atoms with Crippen LogP contribution in [-0.4, -0.2) is 74.5 Å². The fourth-order valence-corrected chi connectivity index (χ4v) is 3.28.